The second kappa shape index (κ2) is 7.13. The molecule has 26 heavy (non-hydrogen) atoms. The van der Waals surface area contributed by atoms with E-state index in [1.165, 1.54) is 18.2 Å². The number of anilines is 1. The number of carbonyl (C=O) groups is 1. The summed E-state index contributed by atoms with van der Waals surface area (Å²) in [6, 6.07) is 6.74. The van der Waals surface area contributed by atoms with Crippen LogP contribution in [0.1, 0.15) is 36.7 Å². The number of rotatable bonds is 4. The van der Waals surface area contributed by atoms with Gasteiger partial charge in [-0.25, -0.2) is 21.9 Å². The van der Waals surface area contributed by atoms with Crippen LogP contribution in [0.25, 0.3) is 0 Å². The second-order valence-corrected chi connectivity index (χ2v) is 8.59. The lowest BCUT2D eigenvalue weighted by molar-refractivity contribution is 0.102. The Labute approximate surface area is 151 Å². The van der Waals surface area contributed by atoms with Crippen LogP contribution in [0.15, 0.2) is 41.3 Å². The highest BCUT2D eigenvalue weighted by atomic mass is 32.2. The van der Waals surface area contributed by atoms with Gasteiger partial charge in [-0.1, -0.05) is 6.07 Å². The zero-order valence-corrected chi connectivity index (χ0v) is 15.7. The van der Waals surface area contributed by atoms with Crippen LogP contribution >= 0.6 is 0 Å². The molecular weight excluding hydrogens is 362 g/mol. The monoisotopic (exact) mass is 382 g/mol. The number of benzene rings is 2. The van der Waals surface area contributed by atoms with Crippen molar-refractivity contribution in [2.45, 2.75) is 38.1 Å². The number of sulfonamides is 1. The van der Waals surface area contributed by atoms with Crippen LogP contribution in [-0.2, 0) is 10.0 Å². The van der Waals surface area contributed by atoms with Crippen molar-refractivity contribution >= 4 is 21.6 Å². The maximum Gasteiger partial charge on any atom is 0.256 e. The van der Waals surface area contributed by atoms with Crippen molar-refractivity contribution in [1.82, 2.24) is 4.72 Å². The predicted octanol–water partition coefficient (Wildman–Crippen LogP) is 3.60. The topological polar surface area (TPSA) is 75.3 Å². The molecule has 0 fully saturated rings. The first kappa shape index (κ1) is 20.0. The third kappa shape index (κ3) is 4.86. The Kier molecular flexibility index (Phi) is 5.48. The fourth-order valence-corrected chi connectivity index (χ4v) is 3.70. The molecule has 2 N–H and O–H groups in total. The molecule has 5 nitrogen and oxygen atoms in total. The third-order valence-electron chi connectivity index (χ3n) is 3.38. The Balaban J connectivity index is 2.38. The van der Waals surface area contributed by atoms with E-state index in [1.807, 2.05) is 0 Å². The van der Waals surface area contributed by atoms with Crippen LogP contribution in [0, 0.1) is 18.6 Å². The summed E-state index contributed by atoms with van der Waals surface area (Å²) in [7, 11) is -3.84. The highest BCUT2D eigenvalue weighted by Gasteiger charge is 2.23. The van der Waals surface area contributed by atoms with Crippen LogP contribution in [0.4, 0.5) is 14.5 Å². The van der Waals surface area contributed by atoms with Crippen LogP contribution in [0.2, 0.25) is 0 Å². The molecule has 0 aliphatic rings. The van der Waals surface area contributed by atoms with Crippen LogP contribution in [0.3, 0.4) is 0 Å². The molecule has 0 spiro atoms. The first-order valence-corrected chi connectivity index (χ1v) is 9.28. The molecule has 0 saturated heterocycles. The van der Waals surface area contributed by atoms with Gasteiger partial charge in [0.25, 0.3) is 5.91 Å². The van der Waals surface area contributed by atoms with E-state index < -0.39 is 33.1 Å². The molecule has 0 radical (unpaired) electrons. The molecule has 2 rings (SSSR count). The van der Waals surface area contributed by atoms with Gasteiger partial charge in [0.05, 0.1) is 10.6 Å². The summed E-state index contributed by atoms with van der Waals surface area (Å²) in [5.74, 6) is -2.24. The van der Waals surface area contributed by atoms with Crippen molar-refractivity contribution in [3.05, 3.63) is 59.2 Å². The number of carbonyl (C=O) groups excluding carboxylic acids is 1. The van der Waals surface area contributed by atoms with Crippen molar-refractivity contribution in [1.29, 1.82) is 0 Å². The number of hydrogen-bond acceptors (Lipinski definition) is 3. The Morgan fingerprint density at radius 2 is 1.69 bits per heavy atom. The zero-order chi connectivity index (χ0) is 19.7. The second-order valence-electron chi connectivity index (χ2n) is 6.91. The molecular formula is C18H20F2N2O3S. The molecule has 0 unspecified atom stereocenters. The Hall–Kier alpha value is -2.32. The van der Waals surface area contributed by atoms with E-state index in [0.29, 0.717) is 5.56 Å². The van der Waals surface area contributed by atoms with Crippen LogP contribution in [-0.4, -0.2) is 19.9 Å². The number of amides is 1. The summed E-state index contributed by atoms with van der Waals surface area (Å²) in [6.07, 6.45) is 0. The van der Waals surface area contributed by atoms with Crippen LogP contribution in [0.5, 0.6) is 0 Å². The van der Waals surface area contributed by atoms with E-state index in [1.54, 1.807) is 27.7 Å². The van der Waals surface area contributed by atoms with Gasteiger partial charge < -0.3 is 5.32 Å². The summed E-state index contributed by atoms with van der Waals surface area (Å²) in [5, 5.41) is 2.27. The SMILES string of the molecule is Cc1ccc(S(=O)(=O)NC(C)(C)C)cc1C(=O)Nc1cc(F)ccc1F. The summed E-state index contributed by atoms with van der Waals surface area (Å²) in [5.41, 5.74) is -0.480. The predicted molar refractivity (Wildman–Crippen MR) is 95.6 cm³/mol. The van der Waals surface area contributed by atoms with Gasteiger partial charge in [0, 0.05) is 17.2 Å². The van der Waals surface area contributed by atoms with Gasteiger partial charge >= 0.3 is 0 Å². The number of nitrogens with one attached hydrogen (secondary N) is 2. The number of aryl methyl sites for hydroxylation is 1. The van der Waals surface area contributed by atoms with Gasteiger partial charge in [-0.3, -0.25) is 4.79 Å². The van der Waals surface area contributed by atoms with Gasteiger partial charge in [-0.2, -0.15) is 0 Å². The van der Waals surface area contributed by atoms with Gasteiger partial charge in [0.1, 0.15) is 11.6 Å². The van der Waals surface area contributed by atoms with Gasteiger partial charge in [0.2, 0.25) is 10.0 Å². The van der Waals surface area contributed by atoms with Gasteiger partial charge in [-0.05, 0) is 57.5 Å². The lowest BCUT2D eigenvalue weighted by atomic mass is 10.1. The minimum Gasteiger partial charge on any atom is -0.319 e. The number of halogens is 2. The molecule has 0 atom stereocenters. The molecule has 0 aliphatic carbocycles. The molecule has 0 aliphatic heterocycles. The standard InChI is InChI=1S/C18H20F2N2O3S/c1-11-5-7-13(26(24,25)22-18(2,3)4)10-14(11)17(23)21-16-9-12(19)6-8-15(16)20/h5-10,22H,1-4H3,(H,21,23). The Morgan fingerprint density at radius 1 is 1.04 bits per heavy atom. The first-order valence-electron chi connectivity index (χ1n) is 7.80. The highest BCUT2D eigenvalue weighted by molar-refractivity contribution is 7.89. The lowest BCUT2D eigenvalue weighted by Gasteiger charge is -2.20. The molecule has 1 amide bonds. The third-order valence-corrected chi connectivity index (χ3v) is 5.14. The van der Waals surface area contributed by atoms with Gasteiger partial charge in [-0.15, -0.1) is 0 Å². The smallest absolute Gasteiger partial charge is 0.256 e. The number of hydrogen-bond donors (Lipinski definition) is 2. The van der Waals surface area contributed by atoms with E-state index in [2.05, 4.69) is 10.0 Å². The first-order chi connectivity index (χ1) is 11.9. The molecule has 0 saturated carbocycles. The average molecular weight is 382 g/mol. The molecule has 140 valence electrons. The Bertz CT molecular complexity index is 951. The molecule has 0 bridgehead atoms. The normalized spacial score (nSPS) is 12.1. The molecule has 0 heterocycles. The summed E-state index contributed by atoms with van der Waals surface area (Å²) in [4.78, 5) is 12.4. The summed E-state index contributed by atoms with van der Waals surface area (Å²) in [6.45, 7) is 6.70. The largest absolute Gasteiger partial charge is 0.319 e. The van der Waals surface area contributed by atoms with Crippen molar-refractivity contribution in [3.8, 4) is 0 Å². The van der Waals surface area contributed by atoms with Crippen molar-refractivity contribution in [2.24, 2.45) is 0 Å². The average Bonchev–Trinajstić information content (AvgIpc) is 2.48. The van der Waals surface area contributed by atoms with E-state index >= 15 is 0 Å². The van der Waals surface area contributed by atoms with E-state index in [9.17, 15) is 22.0 Å². The zero-order valence-electron chi connectivity index (χ0n) is 14.9. The summed E-state index contributed by atoms with van der Waals surface area (Å²) < 4.78 is 54.3. The summed E-state index contributed by atoms with van der Waals surface area (Å²) >= 11 is 0. The van der Waals surface area contributed by atoms with E-state index in [-0.39, 0.29) is 16.1 Å². The highest BCUT2D eigenvalue weighted by Crippen LogP contribution is 2.21. The quantitative estimate of drug-likeness (QED) is 0.848. The van der Waals surface area contributed by atoms with Crippen LogP contribution < -0.4 is 10.0 Å². The maximum atomic E-state index is 13.7. The van der Waals surface area contributed by atoms with Gasteiger partial charge in [0.15, 0.2) is 0 Å². The fraction of sp³-hybridized carbons (Fsp3) is 0.278. The Morgan fingerprint density at radius 3 is 2.31 bits per heavy atom. The minimum atomic E-state index is -3.84. The van der Waals surface area contributed by atoms with Crippen molar-refractivity contribution in [3.63, 3.8) is 0 Å². The van der Waals surface area contributed by atoms with E-state index in [4.69, 9.17) is 0 Å². The molecule has 2 aromatic rings. The lowest BCUT2D eigenvalue weighted by Crippen LogP contribution is -2.40. The van der Waals surface area contributed by atoms with Crippen molar-refractivity contribution < 1.29 is 22.0 Å². The molecule has 0 aromatic heterocycles. The minimum absolute atomic E-state index is 0.0467. The van der Waals surface area contributed by atoms with Crippen molar-refractivity contribution in [2.75, 3.05) is 5.32 Å². The fourth-order valence-electron chi connectivity index (χ4n) is 2.26. The maximum absolute atomic E-state index is 13.7. The molecule has 2 aromatic carbocycles. The van der Waals surface area contributed by atoms with E-state index in [0.717, 1.165) is 18.2 Å². The molecule has 8 heteroatoms.